The van der Waals surface area contributed by atoms with E-state index < -0.39 is 0 Å². The highest BCUT2D eigenvalue weighted by molar-refractivity contribution is 8.17. The lowest BCUT2D eigenvalue weighted by Crippen LogP contribution is -2.13. The maximum Gasteiger partial charge on any atom is 0.166 e. The largest absolute Gasteiger partial charge is 0.495 e. The quantitative estimate of drug-likeness (QED) is 0.869. The van der Waals surface area contributed by atoms with Gasteiger partial charge in [-0.15, -0.1) is 0 Å². The van der Waals surface area contributed by atoms with Gasteiger partial charge in [0.15, 0.2) is 5.17 Å². The second-order valence-corrected chi connectivity index (χ2v) is 5.41. The van der Waals surface area contributed by atoms with Crippen molar-refractivity contribution in [3.63, 3.8) is 0 Å². The Bertz CT molecular complexity index is 480. The van der Waals surface area contributed by atoms with E-state index in [4.69, 9.17) is 4.74 Å². The van der Waals surface area contributed by atoms with Gasteiger partial charge in [0.1, 0.15) is 5.75 Å². The molecule has 0 fully saturated rings. The molecule has 1 aromatic rings. The summed E-state index contributed by atoms with van der Waals surface area (Å²) in [6.07, 6.45) is 0. The molecule has 0 aliphatic carbocycles. The maximum atomic E-state index is 5.29. The van der Waals surface area contributed by atoms with Crippen molar-refractivity contribution in [3.8, 4) is 5.75 Å². The van der Waals surface area contributed by atoms with Crippen LogP contribution < -0.4 is 10.1 Å². The summed E-state index contributed by atoms with van der Waals surface area (Å²) in [4.78, 5) is 5.64. The molecule has 0 saturated heterocycles. The van der Waals surface area contributed by atoms with Crippen LogP contribution in [0.2, 0.25) is 0 Å². The van der Waals surface area contributed by atoms with Gasteiger partial charge in [-0.25, -0.2) is 0 Å². The van der Waals surface area contributed by atoms with Crippen molar-refractivity contribution in [2.24, 2.45) is 4.99 Å². The molecule has 2 rings (SSSR count). The Morgan fingerprint density at radius 3 is 2.65 bits per heavy atom. The maximum absolute atomic E-state index is 5.29. The van der Waals surface area contributed by atoms with E-state index in [1.807, 2.05) is 24.3 Å². The minimum absolute atomic E-state index is 0.199. The van der Waals surface area contributed by atoms with E-state index in [0.717, 1.165) is 21.5 Å². The van der Waals surface area contributed by atoms with E-state index in [9.17, 15) is 0 Å². The molecule has 4 heteroatoms. The van der Waals surface area contributed by atoms with Gasteiger partial charge in [-0.05, 0) is 26.0 Å². The summed E-state index contributed by atoms with van der Waals surface area (Å²) in [6, 6.07) is 7.79. The van der Waals surface area contributed by atoms with Crippen LogP contribution in [0, 0.1) is 0 Å². The fourth-order valence-corrected chi connectivity index (χ4v) is 2.46. The minimum atomic E-state index is -0.199. The molecule has 1 aliphatic heterocycles. The number of hydrogen-bond acceptors (Lipinski definition) is 4. The molecule has 0 aromatic heterocycles. The van der Waals surface area contributed by atoms with Crippen molar-refractivity contribution in [1.29, 1.82) is 0 Å². The summed E-state index contributed by atoms with van der Waals surface area (Å²) in [5.41, 5.74) is 0.724. The number of rotatable bonds is 2. The Morgan fingerprint density at radius 1 is 1.35 bits per heavy atom. The SMILES string of the molecule is C=C1SC(Nc2ccccc2OC)=NC1(C)C. The molecule has 0 saturated carbocycles. The highest BCUT2D eigenvalue weighted by atomic mass is 32.2. The monoisotopic (exact) mass is 248 g/mol. The average molecular weight is 248 g/mol. The molecular weight excluding hydrogens is 232 g/mol. The lowest BCUT2D eigenvalue weighted by Gasteiger charge is -2.12. The molecule has 0 amide bonds. The van der Waals surface area contributed by atoms with Gasteiger partial charge in [-0.3, -0.25) is 4.99 Å². The molecule has 0 atom stereocenters. The van der Waals surface area contributed by atoms with Crippen LogP contribution in [0.1, 0.15) is 13.8 Å². The van der Waals surface area contributed by atoms with E-state index >= 15 is 0 Å². The Labute approximate surface area is 106 Å². The highest BCUT2D eigenvalue weighted by Gasteiger charge is 2.30. The molecule has 0 unspecified atom stereocenters. The first-order valence-corrected chi connectivity index (χ1v) is 6.22. The molecule has 0 spiro atoms. The van der Waals surface area contributed by atoms with Crippen LogP contribution in [-0.2, 0) is 0 Å². The highest BCUT2D eigenvalue weighted by Crippen LogP contribution is 2.38. The zero-order chi connectivity index (χ0) is 12.5. The Kier molecular flexibility index (Phi) is 3.15. The van der Waals surface area contributed by atoms with Crippen molar-refractivity contribution in [1.82, 2.24) is 0 Å². The van der Waals surface area contributed by atoms with Crippen molar-refractivity contribution in [3.05, 3.63) is 35.7 Å². The number of ether oxygens (including phenoxy) is 1. The topological polar surface area (TPSA) is 33.6 Å². The van der Waals surface area contributed by atoms with Crippen LogP contribution in [0.4, 0.5) is 5.69 Å². The minimum Gasteiger partial charge on any atom is -0.495 e. The summed E-state index contributed by atoms with van der Waals surface area (Å²) in [7, 11) is 1.66. The number of nitrogens with zero attached hydrogens (tertiary/aromatic N) is 1. The average Bonchev–Trinajstić information content (AvgIpc) is 2.53. The first-order valence-electron chi connectivity index (χ1n) is 5.40. The number of hydrogen-bond donors (Lipinski definition) is 1. The predicted octanol–water partition coefficient (Wildman–Crippen LogP) is 3.50. The Hall–Kier alpha value is -1.42. The van der Waals surface area contributed by atoms with Gasteiger partial charge in [-0.1, -0.05) is 30.5 Å². The zero-order valence-electron chi connectivity index (χ0n) is 10.3. The predicted molar refractivity (Wildman–Crippen MR) is 74.9 cm³/mol. The molecule has 1 heterocycles. The molecule has 17 heavy (non-hydrogen) atoms. The standard InChI is InChI=1S/C13H16N2OS/c1-9-13(2,3)15-12(17-9)14-10-7-5-6-8-11(10)16-4/h5-8H,1H2,2-4H3,(H,14,15). The summed E-state index contributed by atoms with van der Waals surface area (Å²) >= 11 is 1.58. The first-order chi connectivity index (χ1) is 8.03. The number of methoxy groups -OCH3 is 1. The summed E-state index contributed by atoms with van der Waals surface area (Å²) < 4.78 is 5.29. The van der Waals surface area contributed by atoms with Crippen LogP contribution >= 0.6 is 11.8 Å². The van der Waals surface area contributed by atoms with Crippen LogP contribution in [0.15, 0.2) is 40.7 Å². The molecule has 1 aliphatic rings. The van der Waals surface area contributed by atoms with Crippen molar-refractivity contribution in [2.45, 2.75) is 19.4 Å². The zero-order valence-corrected chi connectivity index (χ0v) is 11.1. The summed E-state index contributed by atoms with van der Waals surface area (Å²) in [6.45, 7) is 8.13. The number of benzene rings is 1. The van der Waals surface area contributed by atoms with E-state index in [0.29, 0.717) is 0 Å². The third kappa shape index (κ3) is 2.47. The first kappa shape index (κ1) is 12.0. The third-order valence-corrected chi connectivity index (χ3v) is 3.76. The smallest absolute Gasteiger partial charge is 0.166 e. The van der Waals surface area contributed by atoms with Crippen molar-refractivity contribution < 1.29 is 4.74 Å². The number of thioether (sulfide) groups is 1. The van der Waals surface area contributed by atoms with Crippen molar-refractivity contribution >= 4 is 22.6 Å². The van der Waals surface area contributed by atoms with E-state index in [-0.39, 0.29) is 5.54 Å². The molecule has 1 N–H and O–H groups in total. The molecule has 90 valence electrons. The Morgan fingerprint density at radius 2 is 2.06 bits per heavy atom. The molecular formula is C13H16N2OS. The fraction of sp³-hybridized carbons (Fsp3) is 0.308. The van der Waals surface area contributed by atoms with E-state index in [1.54, 1.807) is 18.9 Å². The molecule has 1 aromatic carbocycles. The normalized spacial score (nSPS) is 17.8. The lowest BCUT2D eigenvalue weighted by molar-refractivity contribution is 0.417. The van der Waals surface area contributed by atoms with Gasteiger partial charge in [0.05, 0.1) is 18.3 Å². The van der Waals surface area contributed by atoms with Crippen LogP contribution in [-0.4, -0.2) is 17.8 Å². The second kappa shape index (κ2) is 4.45. The van der Waals surface area contributed by atoms with E-state index in [1.165, 1.54) is 0 Å². The Balaban J connectivity index is 2.20. The number of aliphatic imine (C=N–C) groups is 1. The number of amidine groups is 1. The van der Waals surface area contributed by atoms with Crippen LogP contribution in [0.25, 0.3) is 0 Å². The lowest BCUT2D eigenvalue weighted by atomic mass is 10.1. The van der Waals surface area contributed by atoms with Gasteiger partial charge >= 0.3 is 0 Å². The number of anilines is 1. The van der Waals surface area contributed by atoms with Gasteiger partial charge in [0, 0.05) is 4.91 Å². The molecule has 0 bridgehead atoms. The van der Waals surface area contributed by atoms with Gasteiger partial charge in [-0.2, -0.15) is 0 Å². The summed E-state index contributed by atoms with van der Waals surface area (Å²) in [5.74, 6) is 0.811. The summed E-state index contributed by atoms with van der Waals surface area (Å²) in [5, 5.41) is 4.14. The third-order valence-electron chi connectivity index (χ3n) is 2.63. The second-order valence-electron chi connectivity index (χ2n) is 4.33. The number of nitrogens with one attached hydrogen (secondary N) is 1. The van der Waals surface area contributed by atoms with Crippen LogP contribution in [0.3, 0.4) is 0 Å². The van der Waals surface area contributed by atoms with Crippen molar-refractivity contribution in [2.75, 3.05) is 12.4 Å². The molecule has 0 radical (unpaired) electrons. The van der Waals surface area contributed by atoms with Gasteiger partial charge < -0.3 is 10.1 Å². The van der Waals surface area contributed by atoms with Crippen LogP contribution in [0.5, 0.6) is 5.75 Å². The van der Waals surface area contributed by atoms with Gasteiger partial charge in [0.2, 0.25) is 0 Å². The fourth-order valence-electron chi connectivity index (χ4n) is 1.50. The molecule has 3 nitrogen and oxygen atoms in total. The number of para-hydroxylation sites is 2. The van der Waals surface area contributed by atoms with E-state index in [2.05, 4.69) is 30.7 Å². The van der Waals surface area contributed by atoms with Gasteiger partial charge in [0.25, 0.3) is 0 Å².